The summed E-state index contributed by atoms with van der Waals surface area (Å²) in [6, 6.07) is 25.2. The zero-order valence-corrected chi connectivity index (χ0v) is 19.5. The molecule has 0 bridgehead atoms. The maximum absolute atomic E-state index is 13.4. The lowest BCUT2D eigenvalue weighted by atomic mass is 9.99. The van der Waals surface area contributed by atoms with Gasteiger partial charge in [-0.3, -0.25) is 4.79 Å². The molecule has 0 saturated carbocycles. The van der Waals surface area contributed by atoms with Crippen molar-refractivity contribution in [2.45, 2.75) is 58.5 Å². The molecule has 0 aliphatic heterocycles. The number of nitrogens with zero attached hydrogens (tertiary/aromatic N) is 1. The third-order valence-corrected chi connectivity index (χ3v) is 5.93. The van der Waals surface area contributed by atoms with Crippen molar-refractivity contribution in [1.82, 2.24) is 4.90 Å². The number of carboxylic acid groups (broad SMARTS) is 1. The van der Waals surface area contributed by atoms with Crippen molar-refractivity contribution >= 4 is 11.9 Å². The fraction of sp³-hybridized carbons (Fsp3) is 0.310. The summed E-state index contributed by atoms with van der Waals surface area (Å²) in [5, 5.41) is 9.33. The number of hydrogen-bond donors (Lipinski definition) is 1. The molecule has 0 saturated heterocycles. The number of carbonyl (C=O) groups is 2. The van der Waals surface area contributed by atoms with Crippen LogP contribution < -0.4 is 0 Å². The zero-order valence-electron chi connectivity index (χ0n) is 19.5. The SMILES string of the molecule is CCCC(CCC)N(Cc1cccc(-c2cccc(C(=O)O)c2)c1)C(=O)Cc1ccccc1. The summed E-state index contributed by atoms with van der Waals surface area (Å²) < 4.78 is 0. The lowest BCUT2D eigenvalue weighted by Crippen LogP contribution is -2.40. The Morgan fingerprint density at radius 1 is 0.788 bits per heavy atom. The van der Waals surface area contributed by atoms with Crippen LogP contribution in [0.1, 0.15) is 61.0 Å². The maximum atomic E-state index is 13.4. The fourth-order valence-electron chi connectivity index (χ4n) is 4.29. The van der Waals surface area contributed by atoms with Gasteiger partial charge in [-0.05, 0) is 53.3 Å². The minimum Gasteiger partial charge on any atom is -0.478 e. The van der Waals surface area contributed by atoms with Crippen LogP contribution in [-0.2, 0) is 17.8 Å². The minimum atomic E-state index is -0.937. The number of amides is 1. The van der Waals surface area contributed by atoms with Crippen LogP contribution in [0.4, 0.5) is 0 Å². The van der Waals surface area contributed by atoms with E-state index in [1.807, 2.05) is 59.5 Å². The van der Waals surface area contributed by atoms with Gasteiger partial charge in [0.25, 0.3) is 0 Å². The van der Waals surface area contributed by atoms with E-state index in [9.17, 15) is 14.7 Å². The van der Waals surface area contributed by atoms with Gasteiger partial charge in [0.1, 0.15) is 0 Å². The smallest absolute Gasteiger partial charge is 0.335 e. The average Bonchev–Trinajstić information content (AvgIpc) is 2.83. The van der Waals surface area contributed by atoms with E-state index in [2.05, 4.69) is 19.9 Å². The van der Waals surface area contributed by atoms with Crippen LogP contribution in [-0.4, -0.2) is 27.9 Å². The Hall–Kier alpha value is -3.40. The van der Waals surface area contributed by atoms with Gasteiger partial charge in [-0.2, -0.15) is 0 Å². The molecule has 0 radical (unpaired) electrons. The molecule has 4 nitrogen and oxygen atoms in total. The predicted molar refractivity (Wildman–Crippen MR) is 133 cm³/mol. The second-order valence-electron chi connectivity index (χ2n) is 8.50. The number of rotatable bonds is 11. The third kappa shape index (κ3) is 6.79. The molecule has 0 atom stereocenters. The normalized spacial score (nSPS) is 10.9. The molecule has 0 aliphatic carbocycles. The molecule has 0 aromatic heterocycles. The van der Waals surface area contributed by atoms with E-state index >= 15 is 0 Å². The van der Waals surface area contributed by atoms with E-state index in [0.717, 1.165) is 47.9 Å². The molecule has 1 N–H and O–H groups in total. The van der Waals surface area contributed by atoms with Gasteiger partial charge in [0, 0.05) is 12.6 Å². The van der Waals surface area contributed by atoms with Gasteiger partial charge in [0.05, 0.1) is 12.0 Å². The van der Waals surface area contributed by atoms with E-state index < -0.39 is 5.97 Å². The van der Waals surface area contributed by atoms with Gasteiger partial charge in [-0.15, -0.1) is 0 Å². The highest BCUT2D eigenvalue weighted by atomic mass is 16.4. The second-order valence-corrected chi connectivity index (χ2v) is 8.50. The molecule has 0 aliphatic rings. The summed E-state index contributed by atoms with van der Waals surface area (Å²) in [7, 11) is 0. The largest absolute Gasteiger partial charge is 0.478 e. The summed E-state index contributed by atoms with van der Waals surface area (Å²) in [4.78, 5) is 26.9. The molecule has 4 heteroatoms. The lowest BCUT2D eigenvalue weighted by Gasteiger charge is -2.32. The van der Waals surface area contributed by atoms with Crippen LogP contribution in [0.5, 0.6) is 0 Å². The highest BCUT2D eigenvalue weighted by molar-refractivity contribution is 5.89. The van der Waals surface area contributed by atoms with Crippen molar-refractivity contribution in [3.63, 3.8) is 0 Å². The first-order chi connectivity index (χ1) is 16.0. The molecule has 1 amide bonds. The second kappa shape index (κ2) is 12.0. The average molecular weight is 444 g/mol. The molecule has 0 heterocycles. The van der Waals surface area contributed by atoms with Crippen molar-refractivity contribution in [1.29, 1.82) is 0 Å². The number of carboxylic acids is 1. The predicted octanol–water partition coefficient (Wildman–Crippen LogP) is 6.59. The Kier molecular flexibility index (Phi) is 8.82. The first-order valence-electron chi connectivity index (χ1n) is 11.8. The van der Waals surface area contributed by atoms with Gasteiger partial charge in [0.2, 0.25) is 5.91 Å². The maximum Gasteiger partial charge on any atom is 0.335 e. The van der Waals surface area contributed by atoms with Crippen LogP contribution in [0.2, 0.25) is 0 Å². The first kappa shape index (κ1) is 24.2. The zero-order chi connectivity index (χ0) is 23.6. The molecular weight excluding hydrogens is 410 g/mol. The standard InChI is InChI=1S/C29H33NO3/c1-3-10-27(11-4-2)30(28(31)19-22-12-6-5-7-13-22)21-23-14-8-15-24(18-23)25-16-9-17-26(20-25)29(32)33/h5-9,12-18,20,27H,3-4,10-11,19,21H2,1-2H3,(H,32,33). The number of benzene rings is 3. The molecule has 172 valence electrons. The van der Waals surface area contributed by atoms with Crippen LogP contribution in [0.3, 0.4) is 0 Å². The summed E-state index contributed by atoms with van der Waals surface area (Å²) >= 11 is 0. The quantitative estimate of drug-likeness (QED) is 0.364. The Morgan fingerprint density at radius 2 is 1.39 bits per heavy atom. The molecule has 0 spiro atoms. The number of aromatic carboxylic acids is 1. The van der Waals surface area contributed by atoms with Gasteiger partial charge in [0.15, 0.2) is 0 Å². The van der Waals surface area contributed by atoms with Crippen molar-refractivity contribution in [2.24, 2.45) is 0 Å². The van der Waals surface area contributed by atoms with Crippen molar-refractivity contribution < 1.29 is 14.7 Å². The molecule has 3 aromatic carbocycles. The first-order valence-corrected chi connectivity index (χ1v) is 11.8. The summed E-state index contributed by atoms with van der Waals surface area (Å²) in [5.74, 6) is -0.793. The number of hydrogen-bond acceptors (Lipinski definition) is 2. The van der Waals surface area contributed by atoms with E-state index in [0.29, 0.717) is 13.0 Å². The van der Waals surface area contributed by atoms with Crippen molar-refractivity contribution in [3.05, 3.63) is 95.6 Å². The van der Waals surface area contributed by atoms with E-state index in [1.54, 1.807) is 18.2 Å². The molecular formula is C29H33NO3. The van der Waals surface area contributed by atoms with Crippen LogP contribution in [0.25, 0.3) is 11.1 Å². The molecule has 0 fully saturated rings. The molecule has 0 unspecified atom stereocenters. The van der Waals surface area contributed by atoms with Crippen LogP contribution >= 0.6 is 0 Å². The highest BCUT2D eigenvalue weighted by Crippen LogP contribution is 2.24. The van der Waals surface area contributed by atoms with E-state index in [4.69, 9.17) is 0 Å². The lowest BCUT2D eigenvalue weighted by molar-refractivity contribution is -0.133. The third-order valence-electron chi connectivity index (χ3n) is 5.93. The molecule has 3 aromatic rings. The highest BCUT2D eigenvalue weighted by Gasteiger charge is 2.23. The van der Waals surface area contributed by atoms with Crippen molar-refractivity contribution in [3.8, 4) is 11.1 Å². The summed E-state index contributed by atoms with van der Waals surface area (Å²) in [6.45, 7) is 4.87. The van der Waals surface area contributed by atoms with E-state index in [-0.39, 0.29) is 17.5 Å². The van der Waals surface area contributed by atoms with Gasteiger partial charge >= 0.3 is 5.97 Å². The monoisotopic (exact) mass is 443 g/mol. The topological polar surface area (TPSA) is 57.6 Å². The Bertz CT molecular complexity index is 1060. The Balaban J connectivity index is 1.88. The van der Waals surface area contributed by atoms with Gasteiger partial charge in [-0.25, -0.2) is 4.79 Å². The van der Waals surface area contributed by atoms with Crippen LogP contribution in [0.15, 0.2) is 78.9 Å². The fourth-order valence-corrected chi connectivity index (χ4v) is 4.29. The molecule has 3 rings (SSSR count). The van der Waals surface area contributed by atoms with Crippen LogP contribution in [0, 0.1) is 0 Å². The Morgan fingerprint density at radius 3 is 2.03 bits per heavy atom. The van der Waals surface area contributed by atoms with E-state index in [1.165, 1.54) is 0 Å². The summed E-state index contributed by atoms with van der Waals surface area (Å²) in [5.41, 5.74) is 4.15. The van der Waals surface area contributed by atoms with Crippen molar-refractivity contribution in [2.75, 3.05) is 0 Å². The summed E-state index contributed by atoms with van der Waals surface area (Å²) in [6.07, 6.45) is 4.41. The molecule has 33 heavy (non-hydrogen) atoms. The Labute approximate surface area is 196 Å². The minimum absolute atomic E-state index is 0.145. The van der Waals surface area contributed by atoms with Gasteiger partial charge in [-0.1, -0.05) is 87.4 Å². The van der Waals surface area contributed by atoms with Gasteiger partial charge < -0.3 is 10.0 Å². The number of carbonyl (C=O) groups excluding carboxylic acids is 1.